The van der Waals surface area contributed by atoms with E-state index in [-0.39, 0.29) is 12.1 Å². The number of hydrogen-bond donors (Lipinski definition) is 1. The summed E-state index contributed by atoms with van der Waals surface area (Å²) in [4.78, 5) is 15.5. The SMILES string of the molecule is O=C(NCc1ccc(F)c(C(F)(F)F)c1)c1ccncc1. The second kappa shape index (κ2) is 5.90. The first-order chi connectivity index (χ1) is 9.88. The van der Waals surface area contributed by atoms with E-state index in [1.54, 1.807) is 0 Å². The number of alkyl halides is 3. The van der Waals surface area contributed by atoms with Gasteiger partial charge in [-0.3, -0.25) is 9.78 Å². The summed E-state index contributed by atoms with van der Waals surface area (Å²) < 4.78 is 50.8. The van der Waals surface area contributed by atoms with Crippen LogP contribution in [-0.4, -0.2) is 10.9 Å². The number of rotatable bonds is 3. The first-order valence-corrected chi connectivity index (χ1v) is 5.92. The quantitative estimate of drug-likeness (QED) is 0.884. The number of hydrogen-bond acceptors (Lipinski definition) is 2. The largest absolute Gasteiger partial charge is 0.419 e. The van der Waals surface area contributed by atoms with Crippen molar-refractivity contribution in [2.24, 2.45) is 0 Å². The molecule has 1 N–H and O–H groups in total. The summed E-state index contributed by atoms with van der Waals surface area (Å²) in [7, 11) is 0. The fraction of sp³-hybridized carbons (Fsp3) is 0.143. The van der Waals surface area contributed by atoms with Crippen molar-refractivity contribution in [2.45, 2.75) is 12.7 Å². The van der Waals surface area contributed by atoms with E-state index in [1.807, 2.05) is 0 Å². The van der Waals surface area contributed by atoms with Crippen LogP contribution in [0.5, 0.6) is 0 Å². The molecule has 1 aromatic heterocycles. The van der Waals surface area contributed by atoms with Crippen LogP contribution in [0.1, 0.15) is 21.5 Å². The number of aromatic nitrogens is 1. The molecule has 0 saturated carbocycles. The molecular formula is C14H10F4N2O. The van der Waals surface area contributed by atoms with Gasteiger partial charge in [-0.05, 0) is 29.8 Å². The van der Waals surface area contributed by atoms with E-state index in [0.717, 1.165) is 6.07 Å². The maximum Gasteiger partial charge on any atom is 0.419 e. The highest BCUT2D eigenvalue weighted by atomic mass is 19.4. The third-order valence-corrected chi connectivity index (χ3v) is 2.73. The van der Waals surface area contributed by atoms with Crippen molar-refractivity contribution in [2.75, 3.05) is 0 Å². The molecule has 110 valence electrons. The summed E-state index contributed by atoms with van der Waals surface area (Å²) in [6.45, 7) is -0.134. The molecule has 0 saturated heterocycles. The lowest BCUT2D eigenvalue weighted by molar-refractivity contribution is -0.140. The van der Waals surface area contributed by atoms with Gasteiger partial charge in [0, 0.05) is 24.5 Å². The predicted octanol–water partition coefficient (Wildman–Crippen LogP) is 3.17. The molecule has 3 nitrogen and oxygen atoms in total. The first-order valence-electron chi connectivity index (χ1n) is 5.92. The Balaban J connectivity index is 2.09. The molecular weight excluding hydrogens is 288 g/mol. The first kappa shape index (κ1) is 15.0. The molecule has 0 aliphatic heterocycles. The smallest absolute Gasteiger partial charge is 0.348 e. The average molecular weight is 298 g/mol. The molecule has 0 fully saturated rings. The molecule has 0 aliphatic carbocycles. The van der Waals surface area contributed by atoms with Crippen LogP contribution in [0.3, 0.4) is 0 Å². The van der Waals surface area contributed by atoms with Crippen molar-refractivity contribution in [1.29, 1.82) is 0 Å². The van der Waals surface area contributed by atoms with Crippen molar-refractivity contribution in [3.63, 3.8) is 0 Å². The molecule has 0 atom stereocenters. The molecule has 1 heterocycles. The Labute approximate surface area is 117 Å². The molecule has 2 aromatic rings. The second-order valence-electron chi connectivity index (χ2n) is 4.23. The number of pyridine rings is 1. The molecule has 2 rings (SSSR count). The Morgan fingerprint density at radius 1 is 1.14 bits per heavy atom. The van der Waals surface area contributed by atoms with E-state index in [9.17, 15) is 22.4 Å². The Morgan fingerprint density at radius 3 is 2.43 bits per heavy atom. The monoisotopic (exact) mass is 298 g/mol. The number of carbonyl (C=O) groups is 1. The maximum atomic E-state index is 13.1. The van der Waals surface area contributed by atoms with Crippen LogP contribution in [0.4, 0.5) is 17.6 Å². The molecule has 1 amide bonds. The van der Waals surface area contributed by atoms with Gasteiger partial charge in [0.05, 0.1) is 5.56 Å². The number of benzene rings is 1. The maximum absolute atomic E-state index is 13.1. The average Bonchev–Trinajstić information content (AvgIpc) is 2.45. The van der Waals surface area contributed by atoms with Crippen LogP contribution >= 0.6 is 0 Å². The van der Waals surface area contributed by atoms with E-state index in [4.69, 9.17) is 0 Å². The molecule has 7 heteroatoms. The van der Waals surface area contributed by atoms with Crippen molar-refractivity contribution in [1.82, 2.24) is 10.3 Å². The molecule has 0 bridgehead atoms. The van der Waals surface area contributed by atoms with Gasteiger partial charge >= 0.3 is 6.18 Å². The van der Waals surface area contributed by atoms with Crippen LogP contribution in [0.15, 0.2) is 42.7 Å². The van der Waals surface area contributed by atoms with Gasteiger partial charge in [0.2, 0.25) is 0 Å². The van der Waals surface area contributed by atoms with Gasteiger partial charge in [-0.1, -0.05) is 6.07 Å². The van der Waals surface area contributed by atoms with Crippen molar-refractivity contribution in [3.05, 3.63) is 65.2 Å². The number of halogens is 4. The number of amides is 1. The highest BCUT2D eigenvalue weighted by Crippen LogP contribution is 2.31. The van der Waals surface area contributed by atoms with E-state index in [2.05, 4.69) is 10.3 Å². The van der Waals surface area contributed by atoms with Gasteiger partial charge in [0.1, 0.15) is 5.82 Å². The highest BCUT2D eigenvalue weighted by molar-refractivity contribution is 5.93. The lowest BCUT2D eigenvalue weighted by atomic mass is 10.1. The molecule has 1 aromatic carbocycles. The summed E-state index contributed by atoms with van der Waals surface area (Å²) in [5.74, 6) is -1.79. The normalized spacial score (nSPS) is 11.2. The van der Waals surface area contributed by atoms with E-state index in [1.165, 1.54) is 30.6 Å². The van der Waals surface area contributed by atoms with E-state index >= 15 is 0 Å². The highest BCUT2D eigenvalue weighted by Gasteiger charge is 2.34. The Kier molecular flexibility index (Phi) is 4.21. The number of carbonyl (C=O) groups excluding carboxylic acids is 1. The third-order valence-electron chi connectivity index (χ3n) is 2.73. The predicted molar refractivity (Wildman–Crippen MR) is 66.8 cm³/mol. The summed E-state index contributed by atoms with van der Waals surface area (Å²) in [5, 5.41) is 2.46. The van der Waals surface area contributed by atoms with Gasteiger partial charge in [-0.25, -0.2) is 4.39 Å². The van der Waals surface area contributed by atoms with Gasteiger partial charge in [-0.2, -0.15) is 13.2 Å². The molecule has 0 spiro atoms. The Morgan fingerprint density at radius 2 is 1.81 bits per heavy atom. The zero-order valence-corrected chi connectivity index (χ0v) is 10.6. The van der Waals surface area contributed by atoms with Crippen molar-refractivity contribution < 1.29 is 22.4 Å². The lowest BCUT2D eigenvalue weighted by Crippen LogP contribution is -2.23. The number of nitrogens with one attached hydrogen (secondary N) is 1. The Hall–Kier alpha value is -2.44. The molecule has 0 aliphatic rings. The van der Waals surface area contributed by atoms with Gasteiger partial charge < -0.3 is 5.32 Å². The van der Waals surface area contributed by atoms with Crippen LogP contribution < -0.4 is 5.32 Å². The minimum absolute atomic E-state index is 0.134. The van der Waals surface area contributed by atoms with Crippen LogP contribution in [-0.2, 0) is 12.7 Å². The zero-order chi connectivity index (χ0) is 15.5. The Bertz CT molecular complexity index is 641. The van der Waals surface area contributed by atoms with Gasteiger partial charge in [0.15, 0.2) is 0 Å². The summed E-state index contributed by atoms with van der Waals surface area (Å²) in [6.07, 6.45) is -1.92. The van der Waals surface area contributed by atoms with Crippen LogP contribution in [0.2, 0.25) is 0 Å². The summed E-state index contributed by atoms with van der Waals surface area (Å²) in [5.41, 5.74) is -0.854. The van der Waals surface area contributed by atoms with Gasteiger partial charge in [-0.15, -0.1) is 0 Å². The molecule has 21 heavy (non-hydrogen) atoms. The summed E-state index contributed by atoms with van der Waals surface area (Å²) >= 11 is 0. The summed E-state index contributed by atoms with van der Waals surface area (Å²) in [6, 6.07) is 5.55. The minimum Gasteiger partial charge on any atom is -0.348 e. The topological polar surface area (TPSA) is 42.0 Å². The third kappa shape index (κ3) is 3.77. The van der Waals surface area contributed by atoms with Gasteiger partial charge in [0.25, 0.3) is 5.91 Å². The van der Waals surface area contributed by atoms with E-state index < -0.39 is 23.5 Å². The zero-order valence-electron chi connectivity index (χ0n) is 10.6. The fourth-order valence-corrected chi connectivity index (χ4v) is 1.69. The lowest BCUT2D eigenvalue weighted by Gasteiger charge is -2.10. The van der Waals surface area contributed by atoms with Crippen LogP contribution in [0.25, 0.3) is 0 Å². The standard InChI is InChI=1S/C14H10F4N2O/c15-12-2-1-9(7-11(12)14(16,17)18)8-20-13(21)10-3-5-19-6-4-10/h1-7H,8H2,(H,20,21). The van der Waals surface area contributed by atoms with Crippen molar-refractivity contribution >= 4 is 5.91 Å². The van der Waals surface area contributed by atoms with Crippen LogP contribution in [0, 0.1) is 5.82 Å². The number of nitrogens with zero attached hydrogens (tertiary/aromatic N) is 1. The molecule has 0 unspecified atom stereocenters. The molecule has 0 radical (unpaired) electrons. The second-order valence-corrected chi connectivity index (χ2v) is 4.23. The fourth-order valence-electron chi connectivity index (χ4n) is 1.69. The van der Waals surface area contributed by atoms with E-state index in [0.29, 0.717) is 11.6 Å². The minimum atomic E-state index is -4.77. The van der Waals surface area contributed by atoms with Crippen molar-refractivity contribution in [3.8, 4) is 0 Å².